The molecule has 1 saturated heterocycles. The largest absolute Gasteiger partial charge is 0.395 e. The Kier molecular flexibility index (Phi) is 4.71. The number of rotatable bonds is 4. The third kappa shape index (κ3) is 3.97. The highest BCUT2D eigenvalue weighted by atomic mass is 16.3. The number of ketones is 1. The van der Waals surface area contributed by atoms with Crippen molar-refractivity contribution in [2.45, 2.75) is 12.8 Å². The van der Waals surface area contributed by atoms with Crippen molar-refractivity contribution < 1.29 is 14.7 Å². The van der Waals surface area contributed by atoms with Crippen LogP contribution in [0.1, 0.15) is 12.8 Å². The zero-order chi connectivity index (χ0) is 11.3. The molecule has 0 unspecified atom stereocenters. The summed E-state index contributed by atoms with van der Waals surface area (Å²) in [5, 5.41) is 8.68. The van der Waals surface area contributed by atoms with Crippen LogP contribution in [0.2, 0.25) is 0 Å². The predicted octanol–water partition coefficient (Wildman–Crippen LogP) is -0.898. The highest BCUT2D eigenvalue weighted by Gasteiger charge is 2.21. The summed E-state index contributed by atoms with van der Waals surface area (Å²) in [4.78, 5) is 26.1. The molecule has 0 aromatic carbocycles. The van der Waals surface area contributed by atoms with Crippen LogP contribution in [0.3, 0.4) is 0 Å². The van der Waals surface area contributed by atoms with Crippen LogP contribution < -0.4 is 0 Å². The third-order valence-corrected chi connectivity index (χ3v) is 2.56. The first-order chi connectivity index (χ1) is 7.13. The number of likely N-dealkylation sites (N-methyl/N-ethyl adjacent to an activating group) is 1. The monoisotopic (exact) mass is 214 g/mol. The summed E-state index contributed by atoms with van der Waals surface area (Å²) in [6, 6.07) is 0. The Labute approximate surface area is 89.7 Å². The number of Topliss-reactive ketones (excluding diaryl/α,β-unsaturated/α-hetero) is 1. The molecule has 1 fully saturated rings. The van der Waals surface area contributed by atoms with Gasteiger partial charge in [-0.25, -0.2) is 0 Å². The number of hydrogen-bond donors (Lipinski definition) is 1. The quantitative estimate of drug-likeness (QED) is 0.659. The van der Waals surface area contributed by atoms with Gasteiger partial charge in [0.1, 0.15) is 5.78 Å². The van der Waals surface area contributed by atoms with E-state index in [1.165, 1.54) is 0 Å². The molecule has 0 bridgehead atoms. The normalized spacial score (nSPS) is 17.3. The molecule has 1 heterocycles. The van der Waals surface area contributed by atoms with E-state index in [0.29, 0.717) is 39.0 Å². The number of carbonyl (C=O) groups is 2. The highest BCUT2D eigenvalue weighted by molar-refractivity contribution is 5.84. The zero-order valence-electron chi connectivity index (χ0n) is 9.11. The van der Waals surface area contributed by atoms with E-state index in [9.17, 15) is 9.59 Å². The molecule has 0 atom stereocenters. The molecule has 86 valence electrons. The summed E-state index contributed by atoms with van der Waals surface area (Å²) < 4.78 is 0. The number of carbonyl (C=O) groups excluding carboxylic acids is 2. The minimum Gasteiger partial charge on any atom is -0.395 e. The number of nitrogens with zero attached hydrogens (tertiary/aromatic N) is 2. The number of amides is 1. The van der Waals surface area contributed by atoms with Gasteiger partial charge in [-0.1, -0.05) is 0 Å². The van der Waals surface area contributed by atoms with Gasteiger partial charge in [-0.3, -0.25) is 14.5 Å². The van der Waals surface area contributed by atoms with Crippen LogP contribution in [-0.2, 0) is 9.59 Å². The topological polar surface area (TPSA) is 60.9 Å². The first-order valence-corrected chi connectivity index (χ1v) is 5.22. The smallest absolute Gasteiger partial charge is 0.236 e. The first kappa shape index (κ1) is 12.1. The lowest BCUT2D eigenvalue weighted by Gasteiger charge is -2.27. The number of aliphatic hydroxyl groups excluding tert-OH is 1. The summed E-state index contributed by atoms with van der Waals surface area (Å²) >= 11 is 0. The molecule has 1 rings (SSSR count). The fourth-order valence-electron chi connectivity index (χ4n) is 1.59. The Balaban J connectivity index is 2.30. The maximum Gasteiger partial charge on any atom is 0.236 e. The van der Waals surface area contributed by atoms with Crippen LogP contribution in [0.5, 0.6) is 0 Å². The fourth-order valence-corrected chi connectivity index (χ4v) is 1.59. The molecule has 1 aliphatic heterocycles. The van der Waals surface area contributed by atoms with Crippen molar-refractivity contribution in [3.63, 3.8) is 0 Å². The summed E-state index contributed by atoms with van der Waals surface area (Å²) in [6.45, 7) is 1.96. The van der Waals surface area contributed by atoms with Gasteiger partial charge in [0.25, 0.3) is 0 Å². The molecule has 0 saturated carbocycles. The number of piperidine rings is 1. The molecule has 15 heavy (non-hydrogen) atoms. The van der Waals surface area contributed by atoms with E-state index >= 15 is 0 Å². The van der Waals surface area contributed by atoms with E-state index in [2.05, 4.69) is 0 Å². The van der Waals surface area contributed by atoms with Crippen molar-refractivity contribution in [1.82, 2.24) is 9.80 Å². The number of likely N-dealkylation sites (tertiary alicyclic amines) is 1. The summed E-state index contributed by atoms with van der Waals surface area (Å²) in [5.74, 6) is 0.279. The van der Waals surface area contributed by atoms with Gasteiger partial charge in [0.2, 0.25) is 5.91 Å². The van der Waals surface area contributed by atoms with Crippen LogP contribution in [0.15, 0.2) is 0 Å². The minimum absolute atomic E-state index is 0.0402. The Morgan fingerprint density at radius 3 is 2.60 bits per heavy atom. The molecular weight excluding hydrogens is 196 g/mol. The second-order valence-electron chi connectivity index (χ2n) is 3.88. The standard InChI is InChI=1S/C10H18N2O3/c1-11(6-7-13)8-10(15)12-4-2-9(14)3-5-12/h13H,2-8H2,1H3. The Bertz CT molecular complexity index is 233. The SMILES string of the molecule is CN(CCO)CC(=O)N1CCC(=O)CC1. The van der Waals surface area contributed by atoms with Crippen molar-refractivity contribution in [1.29, 1.82) is 0 Å². The molecule has 1 aliphatic rings. The molecule has 0 aromatic heterocycles. The van der Waals surface area contributed by atoms with Crippen LogP contribution >= 0.6 is 0 Å². The lowest BCUT2D eigenvalue weighted by atomic mass is 10.1. The Hall–Kier alpha value is -0.940. The number of hydrogen-bond acceptors (Lipinski definition) is 4. The Morgan fingerprint density at radius 2 is 2.07 bits per heavy atom. The highest BCUT2D eigenvalue weighted by Crippen LogP contribution is 2.06. The molecular formula is C10H18N2O3. The van der Waals surface area contributed by atoms with Gasteiger partial charge in [0.05, 0.1) is 13.2 Å². The molecule has 0 aliphatic carbocycles. The molecule has 0 spiro atoms. The van der Waals surface area contributed by atoms with Gasteiger partial charge in [-0.05, 0) is 7.05 Å². The summed E-state index contributed by atoms with van der Waals surface area (Å²) in [6.07, 6.45) is 0.963. The first-order valence-electron chi connectivity index (χ1n) is 5.22. The molecule has 0 radical (unpaired) electrons. The fraction of sp³-hybridized carbons (Fsp3) is 0.800. The van der Waals surface area contributed by atoms with Gasteiger partial charge >= 0.3 is 0 Å². The Morgan fingerprint density at radius 1 is 1.47 bits per heavy atom. The number of aliphatic hydroxyl groups is 1. The maximum absolute atomic E-state index is 11.7. The van der Waals surface area contributed by atoms with E-state index in [1.54, 1.807) is 16.8 Å². The average molecular weight is 214 g/mol. The van der Waals surface area contributed by atoms with Crippen molar-refractivity contribution in [3.8, 4) is 0 Å². The molecule has 0 aromatic rings. The second-order valence-corrected chi connectivity index (χ2v) is 3.88. The summed E-state index contributed by atoms with van der Waals surface area (Å²) in [7, 11) is 1.79. The van der Waals surface area contributed by atoms with E-state index in [-0.39, 0.29) is 18.3 Å². The van der Waals surface area contributed by atoms with E-state index in [0.717, 1.165) is 0 Å². The molecule has 5 nitrogen and oxygen atoms in total. The average Bonchev–Trinajstić information content (AvgIpc) is 2.18. The van der Waals surface area contributed by atoms with Crippen molar-refractivity contribution in [3.05, 3.63) is 0 Å². The van der Waals surface area contributed by atoms with Crippen molar-refractivity contribution >= 4 is 11.7 Å². The van der Waals surface area contributed by atoms with Gasteiger partial charge in [0.15, 0.2) is 0 Å². The maximum atomic E-state index is 11.7. The third-order valence-electron chi connectivity index (χ3n) is 2.56. The van der Waals surface area contributed by atoms with Crippen molar-refractivity contribution in [2.24, 2.45) is 0 Å². The van der Waals surface area contributed by atoms with Crippen LogP contribution in [0.25, 0.3) is 0 Å². The van der Waals surface area contributed by atoms with Crippen molar-refractivity contribution in [2.75, 3.05) is 39.8 Å². The molecule has 5 heteroatoms. The molecule has 1 amide bonds. The predicted molar refractivity (Wildman–Crippen MR) is 55.4 cm³/mol. The van der Waals surface area contributed by atoms with Gasteiger partial charge in [-0.2, -0.15) is 0 Å². The van der Waals surface area contributed by atoms with E-state index < -0.39 is 0 Å². The van der Waals surface area contributed by atoms with Crippen LogP contribution in [0, 0.1) is 0 Å². The van der Waals surface area contributed by atoms with E-state index in [1.807, 2.05) is 0 Å². The lowest BCUT2D eigenvalue weighted by molar-refractivity contribution is -0.135. The van der Waals surface area contributed by atoms with E-state index in [4.69, 9.17) is 5.11 Å². The minimum atomic E-state index is 0.0402. The van der Waals surface area contributed by atoms with Gasteiger partial charge in [-0.15, -0.1) is 0 Å². The zero-order valence-corrected chi connectivity index (χ0v) is 9.11. The summed E-state index contributed by atoms with van der Waals surface area (Å²) in [5.41, 5.74) is 0. The second kappa shape index (κ2) is 5.82. The lowest BCUT2D eigenvalue weighted by Crippen LogP contribution is -2.43. The van der Waals surface area contributed by atoms with Crippen LogP contribution in [-0.4, -0.2) is 66.4 Å². The van der Waals surface area contributed by atoms with Gasteiger partial charge in [0, 0.05) is 32.5 Å². The van der Waals surface area contributed by atoms with Gasteiger partial charge < -0.3 is 10.0 Å². The van der Waals surface area contributed by atoms with Crippen LogP contribution in [0.4, 0.5) is 0 Å². The molecule has 1 N–H and O–H groups in total.